The first kappa shape index (κ1) is 21.4. The molecule has 30 heavy (non-hydrogen) atoms. The predicted molar refractivity (Wildman–Crippen MR) is 113 cm³/mol. The first-order valence-electron chi connectivity index (χ1n) is 8.84. The van der Waals surface area contributed by atoms with E-state index in [2.05, 4.69) is 15.5 Å². The van der Waals surface area contributed by atoms with Crippen LogP contribution in [0.5, 0.6) is 5.75 Å². The molecular formula is C21H16ClFN4O2S. The van der Waals surface area contributed by atoms with Crippen LogP contribution in [0.4, 0.5) is 4.39 Å². The molecule has 152 valence electrons. The molecule has 6 nitrogen and oxygen atoms in total. The summed E-state index contributed by atoms with van der Waals surface area (Å²) in [6.07, 6.45) is 1.16. The average molecular weight is 443 g/mol. The molecule has 1 unspecified atom stereocenters. The highest BCUT2D eigenvalue weighted by Gasteiger charge is 2.14. The van der Waals surface area contributed by atoms with E-state index < -0.39 is 6.10 Å². The summed E-state index contributed by atoms with van der Waals surface area (Å²) in [6.45, 7) is 1.91. The van der Waals surface area contributed by atoms with Gasteiger partial charge >= 0.3 is 0 Å². The Labute approximate surface area is 181 Å². The van der Waals surface area contributed by atoms with Gasteiger partial charge in [-0.15, -0.1) is 10.2 Å². The summed E-state index contributed by atoms with van der Waals surface area (Å²) in [5, 5.41) is 20.3. The van der Waals surface area contributed by atoms with E-state index in [0.29, 0.717) is 15.8 Å². The second kappa shape index (κ2) is 9.96. The Morgan fingerprint density at radius 1 is 1.23 bits per heavy atom. The summed E-state index contributed by atoms with van der Waals surface area (Å²) in [5.41, 5.74) is 1.57. The van der Waals surface area contributed by atoms with Crippen LogP contribution in [0.3, 0.4) is 0 Å². The minimum absolute atomic E-state index is 0.174. The molecule has 0 spiro atoms. The smallest absolute Gasteiger partial charge is 0.282 e. The maximum atomic E-state index is 12.9. The van der Waals surface area contributed by atoms with Gasteiger partial charge in [0.1, 0.15) is 17.6 Å². The number of ether oxygens (including phenoxy) is 1. The van der Waals surface area contributed by atoms with Crippen LogP contribution >= 0.6 is 22.9 Å². The van der Waals surface area contributed by atoms with Crippen molar-refractivity contribution in [3.63, 3.8) is 0 Å². The molecule has 0 aliphatic heterocycles. The summed E-state index contributed by atoms with van der Waals surface area (Å²) in [7, 11) is 0. The number of nitrogens with one attached hydrogen (secondary N) is 1. The van der Waals surface area contributed by atoms with Crippen LogP contribution in [-0.2, 0) is 6.54 Å². The summed E-state index contributed by atoms with van der Waals surface area (Å²) < 4.78 is 18.3. The Morgan fingerprint density at radius 2 is 1.90 bits per heavy atom. The van der Waals surface area contributed by atoms with Crippen LogP contribution in [0.15, 0.2) is 48.5 Å². The molecule has 0 saturated carbocycles. The molecule has 1 N–H and O–H groups in total. The number of carbonyl (C=O) groups is 1. The Hall–Kier alpha value is -3.28. The molecule has 3 rings (SSSR count). The number of rotatable bonds is 7. The van der Waals surface area contributed by atoms with Crippen molar-refractivity contribution in [2.24, 2.45) is 0 Å². The summed E-state index contributed by atoms with van der Waals surface area (Å²) in [5.74, 6) is -0.145. The zero-order chi connectivity index (χ0) is 21.5. The molecular weight excluding hydrogens is 427 g/mol. The number of carbonyl (C=O) groups excluding carboxylic acids is 1. The van der Waals surface area contributed by atoms with Gasteiger partial charge in [-0.25, -0.2) is 4.39 Å². The van der Waals surface area contributed by atoms with Gasteiger partial charge in [-0.05, 0) is 48.4 Å². The number of aromatic nitrogens is 2. The fraction of sp³-hybridized carbons (Fsp3) is 0.143. The molecule has 3 aromatic rings. The molecule has 1 amide bonds. The van der Waals surface area contributed by atoms with Gasteiger partial charge in [0.15, 0.2) is 11.1 Å². The van der Waals surface area contributed by atoms with Crippen molar-refractivity contribution in [1.29, 1.82) is 5.26 Å². The molecule has 1 heterocycles. The van der Waals surface area contributed by atoms with Gasteiger partial charge in [0.25, 0.3) is 5.91 Å². The topological polar surface area (TPSA) is 87.9 Å². The summed E-state index contributed by atoms with van der Waals surface area (Å²) >= 11 is 7.39. The molecule has 1 aromatic heterocycles. The van der Waals surface area contributed by atoms with Crippen molar-refractivity contribution >= 4 is 40.0 Å². The van der Waals surface area contributed by atoms with Gasteiger partial charge in [0.05, 0.1) is 5.03 Å². The van der Waals surface area contributed by atoms with E-state index in [9.17, 15) is 9.18 Å². The van der Waals surface area contributed by atoms with E-state index >= 15 is 0 Å². The van der Waals surface area contributed by atoms with E-state index in [0.717, 1.165) is 22.5 Å². The lowest BCUT2D eigenvalue weighted by atomic mass is 10.2. The number of hydrogen-bond donors (Lipinski definition) is 1. The first-order valence-corrected chi connectivity index (χ1v) is 10.0. The maximum absolute atomic E-state index is 12.9. The van der Waals surface area contributed by atoms with Gasteiger partial charge in [0.2, 0.25) is 5.01 Å². The number of amides is 1. The van der Waals surface area contributed by atoms with E-state index in [1.54, 1.807) is 49.4 Å². The second-order valence-corrected chi connectivity index (χ2v) is 7.56. The van der Waals surface area contributed by atoms with Gasteiger partial charge in [-0.3, -0.25) is 4.79 Å². The van der Waals surface area contributed by atoms with E-state index in [4.69, 9.17) is 21.6 Å². The third-order valence-electron chi connectivity index (χ3n) is 3.86. The van der Waals surface area contributed by atoms with Crippen molar-refractivity contribution in [1.82, 2.24) is 15.5 Å². The highest BCUT2D eigenvalue weighted by molar-refractivity contribution is 7.15. The van der Waals surface area contributed by atoms with Crippen LogP contribution < -0.4 is 10.1 Å². The van der Waals surface area contributed by atoms with Crippen molar-refractivity contribution < 1.29 is 13.9 Å². The molecule has 2 aromatic carbocycles. The maximum Gasteiger partial charge on any atom is 0.282 e. The van der Waals surface area contributed by atoms with Crippen molar-refractivity contribution in [2.45, 2.75) is 19.6 Å². The number of nitrogens with zero attached hydrogens (tertiary/aromatic N) is 3. The molecule has 0 bridgehead atoms. The molecule has 0 aliphatic carbocycles. The Bertz CT molecular complexity index is 1090. The van der Waals surface area contributed by atoms with Crippen molar-refractivity contribution in [3.8, 4) is 11.8 Å². The minimum atomic E-state index is -0.538. The molecule has 0 saturated heterocycles. The lowest BCUT2D eigenvalue weighted by Crippen LogP contribution is -2.22. The standard InChI is InChI=1S/C21H16ClFN4O2S/c1-13(11-24)29-17-8-4-14(5-9-17)10-18(22)20-26-27-21(30-20)19(28)25-12-15-2-6-16(23)7-3-15/h2-10,13H,12H2,1H3,(H,25,28)/b18-10+. The largest absolute Gasteiger partial charge is 0.476 e. The number of benzene rings is 2. The SMILES string of the molecule is CC(C#N)Oc1ccc(/C=C(/Cl)c2nnc(C(=O)NCc3ccc(F)cc3)s2)cc1. The summed E-state index contributed by atoms with van der Waals surface area (Å²) in [6, 6.07) is 14.9. The van der Waals surface area contributed by atoms with Crippen LogP contribution in [0, 0.1) is 17.1 Å². The van der Waals surface area contributed by atoms with E-state index in [1.165, 1.54) is 12.1 Å². The fourth-order valence-corrected chi connectivity index (χ4v) is 3.30. The van der Waals surface area contributed by atoms with Crippen LogP contribution in [0.2, 0.25) is 0 Å². The van der Waals surface area contributed by atoms with Gasteiger partial charge in [-0.1, -0.05) is 47.2 Å². The highest BCUT2D eigenvalue weighted by Crippen LogP contribution is 2.26. The molecule has 1 atom stereocenters. The Morgan fingerprint density at radius 3 is 2.57 bits per heavy atom. The fourth-order valence-electron chi connectivity index (χ4n) is 2.35. The highest BCUT2D eigenvalue weighted by atomic mass is 35.5. The second-order valence-electron chi connectivity index (χ2n) is 6.17. The quantitative estimate of drug-likeness (QED) is 0.576. The van der Waals surface area contributed by atoms with E-state index in [1.807, 2.05) is 6.07 Å². The molecule has 9 heteroatoms. The monoisotopic (exact) mass is 442 g/mol. The van der Waals surface area contributed by atoms with Crippen molar-refractivity contribution in [3.05, 3.63) is 75.5 Å². The van der Waals surface area contributed by atoms with Crippen LogP contribution in [0.25, 0.3) is 11.1 Å². The van der Waals surface area contributed by atoms with Crippen LogP contribution in [-0.4, -0.2) is 22.2 Å². The normalized spacial score (nSPS) is 12.1. The lowest BCUT2D eigenvalue weighted by Gasteiger charge is -2.07. The molecule has 0 fully saturated rings. The van der Waals surface area contributed by atoms with Crippen LogP contribution in [0.1, 0.15) is 32.9 Å². The summed E-state index contributed by atoms with van der Waals surface area (Å²) in [4.78, 5) is 12.3. The average Bonchev–Trinajstić information content (AvgIpc) is 3.25. The first-order chi connectivity index (χ1) is 14.4. The third-order valence-corrected chi connectivity index (χ3v) is 5.21. The van der Waals surface area contributed by atoms with Gasteiger partial charge in [0, 0.05) is 6.54 Å². The van der Waals surface area contributed by atoms with Gasteiger partial charge < -0.3 is 10.1 Å². The molecule has 0 radical (unpaired) electrons. The van der Waals surface area contributed by atoms with Gasteiger partial charge in [-0.2, -0.15) is 5.26 Å². The Balaban J connectivity index is 1.62. The zero-order valence-corrected chi connectivity index (χ0v) is 17.4. The number of hydrogen-bond acceptors (Lipinski definition) is 6. The lowest BCUT2D eigenvalue weighted by molar-refractivity contribution is 0.0950. The zero-order valence-electron chi connectivity index (χ0n) is 15.8. The third kappa shape index (κ3) is 5.86. The Kier molecular flexibility index (Phi) is 7.12. The molecule has 0 aliphatic rings. The number of halogens is 2. The number of nitriles is 1. The minimum Gasteiger partial charge on any atom is -0.476 e. The van der Waals surface area contributed by atoms with E-state index in [-0.39, 0.29) is 23.3 Å². The predicted octanol–water partition coefficient (Wildman–Crippen LogP) is 4.63. The van der Waals surface area contributed by atoms with Crippen molar-refractivity contribution in [2.75, 3.05) is 0 Å².